The van der Waals surface area contributed by atoms with E-state index in [0.29, 0.717) is 6.04 Å². The normalized spacial score (nSPS) is 23.1. The third-order valence-corrected chi connectivity index (χ3v) is 4.14. The lowest BCUT2D eigenvalue weighted by Crippen LogP contribution is -2.28. The van der Waals surface area contributed by atoms with E-state index in [4.69, 9.17) is 5.84 Å². The summed E-state index contributed by atoms with van der Waals surface area (Å²) in [6, 6.07) is 0.532. The summed E-state index contributed by atoms with van der Waals surface area (Å²) in [5.74, 6) is 8.02. The molecule has 0 saturated heterocycles. The smallest absolute Gasteiger partial charge is 0.148 e. The summed E-state index contributed by atoms with van der Waals surface area (Å²) in [7, 11) is 0. The van der Waals surface area contributed by atoms with Crippen molar-refractivity contribution in [3.05, 3.63) is 11.9 Å². The molecule has 1 fully saturated rings. The minimum atomic E-state index is 0.532. The average molecular weight is 263 g/mol. The number of rotatable bonds is 5. The highest BCUT2D eigenvalue weighted by molar-refractivity contribution is 5.57. The number of nitrogens with zero attached hydrogens (tertiary/aromatic N) is 2. The molecule has 0 aliphatic heterocycles. The van der Waals surface area contributed by atoms with Crippen molar-refractivity contribution in [3.8, 4) is 0 Å². The lowest BCUT2D eigenvalue weighted by Gasteiger charge is -2.30. The van der Waals surface area contributed by atoms with Crippen LogP contribution < -0.4 is 16.6 Å². The van der Waals surface area contributed by atoms with Crippen molar-refractivity contribution < 1.29 is 0 Å². The zero-order valence-corrected chi connectivity index (χ0v) is 11.9. The average Bonchev–Trinajstić information content (AvgIpc) is 2.47. The van der Waals surface area contributed by atoms with Gasteiger partial charge in [0.2, 0.25) is 0 Å². The van der Waals surface area contributed by atoms with Crippen LogP contribution in [0.15, 0.2) is 6.33 Å². The lowest BCUT2D eigenvalue weighted by molar-refractivity contribution is 0.327. The summed E-state index contributed by atoms with van der Waals surface area (Å²) in [4.78, 5) is 8.55. The van der Waals surface area contributed by atoms with Gasteiger partial charge in [-0.1, -0.05) is 33.1 Å². The third kappa shape index (κ3) is 3.35. The molecule has 1 saturated carbocycles. The molecule has 0 amide bonds. The van der Waals surface area contributed by atoms with Crippen molar-refractivity contribution in [1.82, 2.24) is 9.97 Å². The fraction of sp³-hybridized carbons (Fsp3) is 0.714. The predicted molar refractivity (Wildman–Crippen MR) is 78.9 cm³/mol. The Morgan fingerprint density at radius 1 is 1.26 bits per heavy atom. The first-order chi connectivity index (χ1) is 9.28. The van der Waals surface area contributed by atoms with Crippen molar-refractivity contribution in [2.45, 2.75) is 58.4 Å². The highest BCUT2D eigenvalue weighted by atomic mass is 15.3. The molecule has 4 N–H and O–H groups in total. The molecule has 1 aliphatic carbocycles. The molecule has 5 heteroatoms. The molecule has 0 spiro atoms. The molecular formula is C14H25N5. The Kier molecular flexibility index (Phi) is 4.96. The molecule has 0 bridgehead atoms. The number of nitrogen functional groups attached to an aromatic ring is 1. The van der Waals surface area contributed by atoms with E-state index in [1.54, 1.807) is 6.33 Å². The monoisotopic (exact) mass is 263 g/mol. The number of hydrogen-bond donors (Lipinski definition) is 3. The fourth-order valence-corrected chi connectivity index (χ4v) is 2.98. The molecule has 2 atom stereocenters. The third-order valence-electron chi connectivity index (χ3n) is 4.14. The van der Waals surface area contributed by atoms with Crippen molar-refractivity contribution in [3.63, 3.8) is 0 Å². The molecule has 0 aromatic carbocycles. The van der Waals surface area contributed by atoms with Crippen LogP contribution in [0.25, 0.3) is 0 Å². The minimum Gasteiger partial charge on any atom is -0.367 e. The lowest BCUT2D eigenvalue weighted by atomic mass is 9.84. The van der Waals surface area contributed by atoms with Gasteiger partial charge in [-0.25, -0.2) is 15.8 Å². The molecule has 2 rings (SSSR count). The Bertz CT molecular complexity index is 407. The topological polar surface area (TPSA) is 75.9 Å². The van der Waals surface area contributed by atoms with Gasteiger partial charge < -0.3 is 10.7 Å². The molecule has 2 unspecified atom stereocenters. The quantitative estimate of drug-likeness (QED) is 0.562. The van der Waals surface area contributed by atoms with E-state index in [1.165, 1.54) is 32.1 Å². The highest BCUT2D eigenvalue weighted by Crippen LogP contribution is 2.29. The van der Waals surface area contributed by atoms with Crippen LogP contribution in [0.4, 0.5) is 11.6 Å². The number of aromatic nitrogens is 2. The van der Waals surface area contributed by atoms with Crippen LogP contribution in [-0.2, 0) is 6.42 Å². The molecule has 1 heterocycles. The molecular weight excluding hydrogens is 238 g/mol. The van der Waals surface area contributed by atoms with Gasteiger partial charge in [0.15, 0.2) is 0 Å². The van der Waals surface area contributed by atoms with Crippen molar-refractivity contribution in [2.24, 2.45) is 11.8 Å². The summed E-state index contributed by atoms with van der Waals surface area (Å²) in [6.07, 6.45) is 8.87. The van der Waals surface area contributed by atoms with Gasteiger partial charge in [0, 0.05) is 11.6 Å². The van der Waals surface area contributed by atoms with Crippen LogP contribution in [0.3, 0.4) is 0 Å². The first kappa shape index (κ1) is 14.1. The van der Waals surface area contributed by atoms with Crippen LogP contribution >= 0.6 is 0 Å². The van der Waals surface area contributed by atoms with E-state index in [9.17, 15) is 0 Å². The molecule has 1 aromatic heterocycles. The Labute approximate surface area is 115 Å². The SMILES string of the molecule is CCc1c(NN)ncnc1NC1CCCC(CC)C1. The Morgan fingerprint density at radius 2 is 2.05 bits per heavy atom. The summed E-state index contributed by atoms with van der Waals surface area (Å²) < 4.78 is 0. The van der Waals surface area contributed by atoms with E-state index < -0.39 is 0 Å². The van der Waals surface area contributed by atoms with Gasteiger partial charge in [0.1, 0.15) is 18.0 Å². The standard InChI is InChI=1S/C14H25N5/c1-3-10-6-5-7-11(8-10)18-13-12(4-2)14(19-15)17-9-16-13/h9-11H,3-8,15H2,1-2H3,(H2,16,17,18,19). The van der Waals surface area contributed by atoms with Gasteiger partial charge >= 0.3 is 0 Å². The van der Waals surface area contributed by atoms with E-state index in [2.05, 4.69) is 34.6 Å². The number of nitrogens with one attached hydrogen (secondary N) is 2. The van der Waals surface area contributed by atoms with Gasteiger partial charge in [-0.15, -0.1) is 0 Å². The maximum atomic E-state index is 5.50. The maximum absolute atomic E-state index is 5.50. The second kappa shape index (κ2) is 6.70. The number of nitrogens with two attached hydrogens (primary N) is 1. The van der Waals surface area contributed by atoms with Gasteiger partial charge in [-0.2, -0.15) is 0 Å². The molecule has 19 heavy (non-hydrogen) atoms. The van der Waals surface area contributed by atoms with Crippen LogP contribution in [-0.4, -0.2) is 16.0 Å². The van der Waals surface area contributed by atoms with Gasteiger partial charge in [0.25, 0.3) is 0 Å². The second-order valence-corrected chi connectivity index (χ2v) is 5.33. The summed E-state index contributed by atoms with van der Waals surface area (Å²) in [5.41, 5.74) is 3.73. The fourth-order valence-electron chi connectivity index (χ4n) is 2.98. The first-order valence-electron chi connectivity index (χ1n) is 7.35. The summed E-state index contributed by atoms with van der Waals surface area (Å²) in [5, 5.41) is 3.59. The zero-order chi connectivity index (χ0) is 13.7. The zero-order valence-electron chi connectivity index (χ0n) is 11.9. The van der Waals surface area contributed by atoms with Gasteiger partial charge in [-0.3, -0.25) is 0 Å². The number of hydrazine groups is 1. The molecule has 106 valence electrons. The summed E-state index contributed by atoms with van der Waals surface area (Å²) in [6.45, 7) is 4.38. The van der Waals surface area contributed by atoms with Crippen LogP contribution in [0, 0.1) is 5.92 Å². The van der Waals surface area contributed by atoms with Crippen LogP contribution in [0.2, 0.25) is 0 Å². The molecule has 5 nitrogen and oxygen atoms in total. The predicted octanol–water partition coefficient (Wildman–Crippen LogP) is 2.71. The maximum Gasteiger partial charge on any atom is 0.148 e. The van der Waals surface area contributed by atoms with E-state index in [-0.39, 0.29) is 0 Å². The molecule has 0 radical (unpaired) electrons. The van der Waals surface area contributed by atoms with Crippen molar-refractivity contribution in [2.75, 3.05) is 10.7 Å². The van der Waals surface area contributed by atoms with E-state index in [1.807, 2.05) is 0 Å². The van der Waals surface area contributed by atoms with E-state index >= 15 is 0 Å². The van der Waals surface area contributed by atoms with E-state index in [0.717, 1.165) is 29.5 Å². The summed E-state index contributed by atoms with van der Waals surface area (Å²) >= 11 is 0. The number of anilines is 2. The van der Waals surface area contributed by atoms with Crippen molar-refractivity contribution in [1.29, 1.82) is 0 Å². The Morgan fingerprint density at radius 3 is 2.74 bits per heavy atom. The number of hydrogen-bond acceptors (Lipinski definition) is 5. The van der Waals surface area contributed by atoms with Crippen molar-refractivity contribution >= 4 is 11.6 Å². The molecule has 1 aromatic rings. The second-order valence-electron chi connectivity index (χ2n) is 5.33. The minimum absolute atomic E-state index is 0.532. The Hall–Kier alpha value is -1.36. The first-order valence-corrected chi connectivity index (χ1v) is 7.35. The largest absolute Gasteiger partial charge is 0.367 e. The highest BCUT2D eigenvalue weighted by Gasteiger charge is 2.22. The van der Waals surface area contributed by atoms with Gasteiger partial charge in [-0.05, 0) is 25.2 Å². The van der Waals surface area contributed by atoms with Crippen LogP contribution in [0.5, 0.6) is 0 Å². The Balaban J connectivity index is 2.10. The van der Waals surface area contributed by atoms with Crippen LogP contribution in [0.1, 0.15) is 51.5 Å². The molecule has 1 aliphatic rings. The van der Waals surface area contributed by atoms with Gasteiger partial charge in [0.05, 0.1) is 0 Å².